The maximum absolute atomic E-state index is 13.0. The molecule has 2 aromatic rings. The van der Waals surface area contributed by atoms with Gasteiger partial charge in [-0.2, -0.15) is 0 Å². The van der Waals surface area contributed by atoms with Crippen molar-refractivity contribution in [3.05, 3.63) is 70.3 Å². The Bertz CT molecular complexity index is 847. The number of carbonyl (C=O) groups is 2. The number of nitrogens with zero attached hydrogens (tertiary/aromatic N) is 2. The number of benzene rings is 2. The fraction of sp³-hybridized carbons (Fsp3) is 0.300. The third-order valence-electron chi connectivity index (χ3n) is 4.02. The lowest BCUT2D eigenvalue weighted by molar-refractivity contribution is -0.385. The van der Waals surface area contributed by atoms with Crippen molar-refractivity contribution in [3.8, 4) is 0 Å². The minimum Gasteiger partial charge on any atom is -0.395 e. The van der Waals surface area contributed by atoms with Crippen molar-refractivity contribution in [2.75, 3.05) is 18.9 Å². The average Bonchev–Trinajstić information content (AvgIpc) is 2.71. The normalized spacial score (nSPS) is 11.5. The molecule has 154 valence electrons. The molecule has 2 aromatic carbocycles. The van der Waals surface area contributed by atoms with E-state index in [1.807, 2.05) is 30.3 Å². The molecule has 0 saturated heterocycles. The lowest BCUT2D eigenvalue weighted by Crippen LogP contribution is -2.49. The van der Waals surface area contributed by atoms with Gasteiger partial charge in [0.25, 0.3) is 5.69 Å². The summed E-state index contributed by atoms with van der Waals surface area (Å²) in [5.41, 5.74) is 0.866. The van der Waals surface area contributed by atoms with E-state index in [4.69, 9.17) is 0 Å². The van der Waals surface area contributed by atoms with Crippen molar-refractivity contribution >= 4 is 29.3 Å². The number of carbonyl (C=O) groups excluding carboxylic acids is 2. The van der Waals surface area contributed by atoms with Crippen LogP contribution in [-0.2, 0) is 16.1 Å². The molecule has 0 spiro atoms. The highest BCUT2D eigenvalue weighted by molar-refractivity contribution is 7.99. The molecule has 0 saturated carbocycles. The lowest BCUT2D eigenvalue weighted by Gasteiger charge is -2.27. The van der Waals surface area contributed by atoms with Crippen LogP contribution in [0.25, 0.3) is 0 Å². The van der Waals surface area contributed by atoms with E-state index in [0.717, 1.165) is 5.56 Å². The standard InChI is InChI=1S/C20H23N3O5S/c1-15(25)21-19(14-29-18-9-5-8-17(12-18)23(27)28)20(26)22(10-11-24)13-16-6-3-2-4-7-16/h2-9,12,19,24H,10-11,13-14H2,1H3,(H,21,25). The Morgan fingerprint density at radius 3 is 2.55 bits per heavy atom. The van der Waals surface area contributed by atoms with Crippen LogP contribution in [0.5, 0.6) is 0 Å². The average molecular weight is 417 g/mol. The molecule has 0 aliphatic rings. The van der Waals surface area contributed by atoms with Crippen LogP contribution in [0.4, 0.5) is 5.69 Å². The van der Waals surface area contributed by atoms with Crippen LogP contribution in [0.2, 0.25) is 0 Å². The van der Waals surface area contributed by atoms with Crippen LogP contribution in [0.3, 0.4) is 0 Å². The summed E-state index contributed by atoms with van der Waals surface area (Å²) in [6, 6.07) is 14.6. The number of amides is 2. The Hall–Kier alpha value is -2.91. The topological polar surface area (TPSA) is 113 Å². The van der Waals surface area contributed by atoms with Gasteiger partial charge in [-0.25, -0.2) is 0 Å². The van der Waals surface area contributed by atoms with Crippen LogP contribution in [0, 0.1) is 10.1 Å². The number of thioether (sulfide) groups is 1. The lowest BCUT2D eigenvalue weighted by atomic mass is 10.2. The first kappa shape index (κ1) is 22.4. The smallest absolute Gasteiger partial charge is 0.270 e. The van der Waals surface area contributed by atoms with Crippen molar-refractivity contribution in [3.63, 3.8) is 0 Å². The minimum absolute atomic E-state index is 0.0385. The summed E-state index contributed by atoms with van der Waals surface area (Å²) in [6.07, 6.45) is 0. The summed E-state index contributed by atoms with van der Waals surface area (Å²) in [4.78, 5) is 37.2. The van der Waals surface area contributed by atoms with Gasteiger partial charge in [-0.1, -0.05) is 36.4 Å². The molecule has 2 rings (SSSR count). The zero-order valence-electron chi connectivity index (χ0n) is 16.0. The Morgan fingerprint density at radius 1 is 1.21 bits per heavy atom. The molecule has 0 aliphatic carbocycles. The maximum atomic E-state index is 13.0. The molecule has 8 nitrogen and oxygen atoms in total. The van der Waals surface area contributed by atoms with Crippen LogP contribution >= 0.6 is 11.8 Å². The second kappa shape index (κ2) is 11.2. The van der Waals surface area contributed by atoms with E-state index in [-0.39, 0.29) is 36.4 Å². The zero-order valence-corrected chi connectivity index (χ0v) is 16.8. The van der Waals surface area contributed by atoms with E-state index in [9.17, 15) is 24.8 Å². The minimum atomic E-state index is -0.827. The molecular weight excluding hydrogens is 394 g/mol. The van der Waals surface area contributed by atoms with E-state index in [1.165, 1.54) is 35.7 Å². The molecular formula is C20H23N3O5S. The molecule has 0 aromatic heterocycles. The van der Waals surface area contributed by atoms with E-state index in [1.54, 1.807) is 12.1 Å². The Kier molecular flexibility index (Phi) is 8.63. The van der Waals surface area contributed by atoms with Gasteiger partial charge >= 0.3 is 0 Å². The first-order chi connectivity index (χ1) is 13.9. The molecule has 0 bridgehead atoms. The van der Waals surface area contributed by atoms with Crippen LogP contribution in [0.1, 0.15) is 12.5 Å². The summed E-state index contributed by atoms with van der Waals surface area (Å²) < 4.78 is 0. The SMILES string of the molecule is CC(=O)NC(CSc1cccc([N+](=O)[O-])c1)C(=O)N(CCO)Cc1ccccc1. The van der Waals surface area contributed by atoms with Crippen molar-refractivity contribution < 1.29 is 19.6 Å². The molecule has 1 unspecified atom stereocenters. The van der Waals surface area contributed by atoms with E-state index in [2.05, 4.69) is 5.32 Å². The molecule has 0 aliphatic heterocycles. The van der Waals surface area contributed by atoms with Crippen molar-refractivity contribution in [2.45, 2.75) is 24.4 Å². The molecule has 2 amide bonds. The predicted octanol–water partition coefficient (Wildman–Crippen LogP) is 2.21. The number of non-ortho nitro benzene ring substituents is 1. The quantitative estimate of drug-likeness (QED) is 0.348. The fourth-order valence-electron chi connectivity index (χ4n) is 2.70. The molecule has 0 heterocycles. The van der Waals surface area contributed by atoms with Gasteiger partial charge in [-0.15, -0.1) is 11.8 Å². The summed E-state index contributed by atoms with van der Waals surface area (Å²) >= 11 is 1.24. The summed E-state index contributed by atoms with van der Waals surface area (Å²) in [7, 11) is 0. The van der Waals surface area contributed by atoms with E-state index in [0.29, 0.717) is 11.4 Å². The Labute approximate surface area is 173 Å². The highest BCUT2D eigenvalue weighted by atomic mass is 32.2. The number of nitro groups is 1. The first-order valence-electron chi connectivity index (χ1n) is 8.98. The largest absolute Gasteiger partial charge is 0.395 e. The monoisotopic (exact) mass is 417 g/mol. The van der Waals surface area contributed by atoms with Gasteiger partial charge in [0.05, 0.1) is 11.5 Å². The molecule has 0 fully saturated rings. The van der Waals surface area contributed by atoms with Gasteiger partial charge in [0.1, 0.15) is 6.04 Å². The second-order valence-electron chi connectivity index (χ2n) is 6.29. The summed E-state index contributed by atoms with van der Waals surface area (Å²) in [5, 5.41) is 22.9. The van der Waals surface area contributed by atoms with Crippen molar-refractivity contribution in [1.29, 1.82) is 0 Å². The summed E-state index contributed by atoms with van der Waals surface area (Å²) in [5.74, 6) is -0.473. The zero-order chi connectivity index (χ0) is 21.2. The number of aliphatic hydroxyl groups excluding tert-OH is 1. The second-order valence-corrected chi connectivity index (χ2v) is 7.38. The van der Waals surface area contributed by atoms with Gasteiger partial charge in [0.15, 0.2) is 0 Å². The Balaban J connectivity index is 2.13. The Morgan fingerprint density at radius 2 is 1.93 bits per heavy atom. The highest BCUT2D eigenvalue weighted by Crippen LogP contribution is 2.24. The van der Waals surface area contributed by atoms with Gasteiger partial charge < -0.3 is 15.3 Å². The molecule has 9 heteroatoms. The molecule has 2 N–H and O–H groups in total. The fourth-order valence-corrected chi connectivity index (χ4v) is 3.66. The molecule has 0 radical (unpaired) electrons. The van der Waals surface area contributed by atoms with Crippen LogP contribution in [-0.4, -0.2) is 51.7 Å². The van der Waals surface area contributed by atoms with E-state index < -0.39 is 11.0 Å². The molecule has 1 atom stereocenters. The number of aliphatic hydroxyl groups is 1. The van der Waals surface area contributed by atoms with Gasteiger partial charge in [-0.3, -0.25) is 19.7 Å². The van der Waals surface area contributed by atoms with Gasteiger partial charge in [0, 0.05) is 42.8 Å². The third-order valence-corrected chi connectivity index (χ3v) is 5.11. The van der Waals surface area contributed by atoms with Crippen LogP contribution in [0.15, 0.2) is 59.5 Å². The first-order valence-corrected chi connectivity index (χ1v) is 9.97. The number of rotatable bonds is 10. The van der Waals surface area contributed by atoms with E-state index >= 15 is 0 Å². The molecule has 29 heavy (non-hydrogen) atoms. The number of nitrogens with one attached hydrogen (secondary N) is 1. The van der Waals surface area contributed by atoms with Crippen molar-refractivity contribution in [1.82, 2.24) is 10.2 Å². The maximum Gasteiger partial charge on any atom is 0.270 e. The van der Waals surface area contributed by atoms with Crippen molar-refractivity contribution in [2.24, 2.45) is 0 Å². The van der Waals surface area contributed by atoms with Crippen LogP contribution < -0.4 is 5.32 Å². The highest BCUT2D eigenvalue weighted by Gasteiger charge is 2.25. The number of hydrogen-bond acceptors (Lipinski definition) is 6. The number of nitro benzene ring substituents is 1. The summed E-state index contributed by atoms with van der Waals surface area (Å²) in [6.45, 7) is 1.55. The van der Waals surface area contributed by atoms with Gasteiger partial charge in [0.2, 0.25) is 11.8 Å². The third kappa shape index (κ3) is 7.20. The van der Waals surface area contributed by atoms with Gasteiger partial charge in [-0.05, 0) is 11.6 Å². The predicted molar refractivity (Wildman–Crippen MR) is 110 cm³/mol. The number of hydrogen-bond donors (Lipinski definition) is 2.